The second-order valence-corrected chi connectivity index (χ2v) is 5.82. The van der Waals surface area contributed by atoms with Crippen LogP contribution >= 0.6 is 0 Å². The van der Waals surface area contributed by atoms with Crippen molar-refractivity contribution in [2.75, 3.05) is 18.5 Å². The molecule has 0 amide bonds. The molecule has 0 aliphatic rings. The summed E-state index contributed by atoms with van der Waals surface area (Å²) in [5.74, 6) is 0.918. The largest absolute Gasteiger partial charge is 0.491 e. The zero-order chi connectivity index (χ0) is 13.8. The van der Waals surface area contributed by atoms with Crippen LogP contribution in [0.4, 0.5) is 5.69 Å². The van der Waals surface area contributed by atoms with Crippen molar-refractivity contribution >= 4 is 5.69 Å². The Kier molecular flexibility index (Phi) is 5.03. The number of benzene rings is 1. The number of ether oxygens (including phenoxy) is 1. The maximum atomic E-state index is 5.99. The first-order valence-corrected chi connectivity index (χ1v) is 6.55. The summed E-state index contributed by atoms with van der Waals surface area (Å²) in [5.41, 5.74) is 7.07. The van der Waals surface area contributed by atoms with Crippen molar-refractivity contribution in [3.8, 4) is 5.75 Å². The van der Waals surface area contributed by atoms with E-state index in [1.807, 2.05) is 26.0 Å². The van der Waals surface area contributed by atoms with Gasteiger partial charge in [-0.2, -0.15) is 0 Å². The van der Waals surface area contributed by atoms with Gasteiger partial charge in [0, 0.05) is 24.8 Å². The van der Waals surface area contributed by atoms with Gasteiger partial charge in [0.2, 0.25) is 0 Å². The number of hydrogen-bond acceptors (Lipinski definition) is 3. The molecular weight excluding hydrogens is 224 g/mol. The first-order chi connectivity index (χ1) is 8.28. The number of hydrogen-bond donors (Lipinski definition) is 1. The molecule has 0 heterocycles. The van der Waals surface area contributed by atoms with Crippen LogP contribution in [0.5, 0.6) is 5.75 Å². The van der Waals surface area contributed by atoms with E-state index in [4.69, 9.17) is 10.5 Å². The van der Waals surface area contributed by atoms with Crippen molar-refractivity contribution in [3.63, 3.8) is 0 Å². The van der Waals surface area contributed by atoms with Crippen LogP contribution in [0.25, 0.3) is 0 Å². The van der Waals surface area contributed by atoms with E-state index in [0.717, 1.165) is 18.7 Å². The van der Waals surface area contributed by atoms with Gasteiger partial charge in [0.1, 0.15) is 5.75 Å². The molecule has 102 valence electrons. The molecule has 3 nitrogen and oxygen atoms in total. The predicted octanol–water partition coefficient (Wildman–Crippen LogP) is 3.04. The Morgan fingerprint density at radius 1 is 1.22 bits per heavy atom. The van der Waals surface area contributed by atoms with Gasteiger partial charge >= 0.3 is 0 Å². The first kappa shape index (κ1) is 14.8. The molecule has 0 saturated heterocycles. The molecule has 0 unspecified atom stereocenters. The van der Waals surface area contributed by atoms with E-state index in [-0.39, 0.29) is 11.6 Å². The minimum atomic E-state index is -0.116. The molecule has 3 heteroatoms. The van der Waals surface area contributed by atoms with E-state index < -0.39 is 0 Å². The Morgan fingerprint density at radius 3 is 2.22 bits per heavy atom. The molecule has 0 aliphatic carbocycles. The van der Waals surface area contributed by atoms with Crippen molar-refractivity contribution in [3.05, 3.63) is 24.3 Å². The van der Waals surface area contributed by atoms with Gasteiger partial charge in [-0.1, -0.05) is 0 Å². The quantitative estimate of drug-likeness (QED) is 0.843. The smallest absolute Gasteiger partial charge is 0.119 e. The lowest BCUT2D eigenvalue weighted by Crippen LogP contribution is -2.36. The van der Waals surface area contributed by atoms with Crippen LogP contribution < -0.4 is 15.4 Å². The average molecular weight is 250 g/mol. The van der Waals surface area contributed by atoms with Gasteiger partial charge in [-0.3, -0.25) is 0 Å². The minimum absolute atomic E-state index is 0.116. The predicted molar refractivity (Wildman–Crippen MR) is 78.4 cm³/mol. The van der Waals surface area contributed by atoms with Crippen LogP contribution in [0.15, 0.2) is 24.3 Å². The second kappa shape index (κ2) is 6.10. The molecule has 0 atom stereocenters. The highest BCUT2D eigenvalue weighted by Gasteiger charge is 2.12. The van der Waals surface area contributed by atoms with Crippen LogP contribution in [0.1, 0.15) is 34.1 Å². The topological polar surface area (TPSA) is 38.5 Å². The summed E-state index contributed by atoms with van der Waals surface area (Å²) >= 11 is 0. The van der Waals surface area contributed by atoms with E-state index in [1.54, 1.807) is 0 Å². The summed E-state index contributed by atoms with van der Waals surface area (Å²) in [5, 5.41) is 0. The molecule has 0 bridgehead atoms. The van der Waals surface area contributed by atoms with E-state index in [1.165, 1.54) is 5.69 Å². The zero-order valence-electron chi connectivity index (χ0n) is 12.2. The number of nitrogens with zero attached hydrogens (tertiary/aromatic N) is 1. The summed E-state index contributed by atoms with van der Waals surface area (Å²) in [4.78, 5) is 2.22. The van der Waals surface area contributed by atoms with Crippen LogP contribution in [0.2, 0.25) is 0 Å². The monoisotopic (exact) mass is 250 g/mol. The van der Waals surface area contributed by atoms with Crippen molar-refractivity contribution in [2.24, 2.45) is 5.73 Å². The summed E-state index contributed by atoms with van der Waals surface area (Å²) in [6, 6.07) is 8.20. The van der Waals surface area contributed by atoms with Gasteiger partial charge in [0.05, 0.1) is 6.10 Å². The Balaban J connectivity index is 2.56. The van der Waals surface area contributed by atoms with Crippen LogP contribution in [0.3, 0.4) is 0 Å². The van der Waals surface area contributed by atoms with Gasteiger partial charge in [0.25, 0.3) is 0 Å². The molecule has 2 N–H and O–H groups in total. The first-order valence-electron chi connectivity index (χ1n) is 6.55. The molecule has 0 aliphatic heterocycles. The van der Waals surface area contributed by atoms with Gasteiger partial charge in [-0.25, -0.2) is 0 Å². The molecule has 1 aromatic rings. The van der Waals surface area contributed by atoms with Crippen molar-refractivity contribution in [1.82, 2.24) is 0 Å². The maximum absolute atomic E-state index is 5.99. The van der Waals surface area contributed by atoms with E-state index in [9.17, 15) is 0 Å². The molecule has 0 saturated carbocycles. The molecule has 0 radical (unpaired) electrons. The molecule has 1 rings (SSSR count). The van der Waals surface area contributed by atoms with Crippen molar-refractivity contribution in [1.29, 1.82) is 0 Å². The molecule has 0 aromatic heterocycles. The van der Waals surface area contributed by atoms with Crippen LogP contribution in [-0.4, -0.2) is 25.2 Å². The third-order valence-electron chi connectivity index (χ3n) is 2.74. The van der Waals surface area contributed by atoms with Crippen molar-refractivity contribution in [2.45, 2.75) is 45.8 Å². The highest BCUT2D eigenvalue weighted by Crippen LogP contribution is 2.20. The zero-order valence-corrected chi connectivity index (χ0v) is 12.2. The third kappa shape index (κ3) is 5.41. The number of nitrogens with two attached hydrogens (primary N) is 1. The number of anilines is 1. The third-order valence-corrected chi connectivity index (χ3v) is 2.74. The Labute approximate surface area is 111 Å². The molecule has 18 heavy (non-hydrogen) atoms. The molecule has 0 spiro atoms. The molecular formula is C15H26N2O. The molecule has 0 fully saturated rings. The Morgan fingerprint density at radius 2 is 1.78 bits per heavy atom. The number of rotatable bonds is 6. The molecule has 1 aromatic carbocycles. The van der Waals surface area contributed by atoms with E-state index in [0.29, 0.717) is 0 Å². The normalized spacial score (nSPS) is 11.7. The van der Waals surface area contributed by atoms with Gasteiger partial charge in [-0.05, 0) is 58.4 Å². The fourth-order valence-electron chi connectivity index (χ4n) is 1.64. The van der Waals surface area contributed by atoms with E-state index in [2.05, 4.69) is 37.9 Å². The lowest BCUT2D eigenvalue weighted by Gasteiger charge is -2.25. The second-order valence-electron chi connectivity index (χ2n) is 5.82. The van der Waals surface area contributed by atoms with Gasteiger partial charge in [0.15, 0.2) is 0 Å². The Hall–Kier alpha value is -1.22. The van der Waals surface area contributed by atoms with E-state index >= 15 is 0 Å². The fraction of sp³-hybridized carbons (Fsp3) is 0.600. The Bertz CT molecular complexity index is 352. The SMILES string of the molecule is CC(C)Oc1ccc(N(C)CCC(C)(C)N)cc1. The summed E-state index contributed by atoms with van der Waals surface area (Å²) in [7, 11) is 2.09. The summed E-state index contributed by atoms with van der Waals surface area (Å²) < 4.78 is 5.62. The maximum Gasteiger partial charge on any atom is 0.119 e. The van der Waals surface area contributed by atoms with Crippen molar-refractivity contribution < 1.29 is 4.74 Å². The minimum Gasteiger partial charge on any atom is -0.491 e. The lowest BCUT2D eigenvalue weighted by atomic mass is 10.0. The fourth-order valence-corrected chi connectivity index (χ4v) is 1.64. The highest BCUT2D eigenvalue weighted by atomic mass is 16.5. The van der Waals surface area contributed by atoms with Crippen LogP contribution in [-0.2, 0) is 0 Å². The van der Waals surface area contributed by atoms with Gasteiger partial charge in [-0.15, -0.1) is 0 Å². The van der Waals surface area contributed by atoms with Crippen LogP contribution in [0, 0.1) is 0 Å². The average Bonchev–Trinajstić information content (AvgIpc) is 2.25. The summed E-state index contributed by atoms with van der Waals surface area (Å²) in [6.07, 6.45) is 1.18. The summed E-state index contributed by atoms with van der Waals surface area (Å²) in [6.45, 7) is 9.13. The lowest BCUT2D eigenvalue weighted by molar-refractivity contribution is 0.242. The van der Waals surface area contributed by atoms with Gasteiger partial charge < -0.3 is 15.4 Å². The highest BCUT2D eigenvalue weighted by molar-refractivity contribution is 5.48. The standard InChI is InChI=1S/C15H26N2O/c1-12(2)18-14-8-6-13(7-9-14)17(5)11-10-15(3,4)16/h6-9,12H,10-11,16H2,1-5H3.